The van der Waals surface area contributed by atoms with Crippen LogP contribution in [0.25, 0.3) is 0 Å². The maximum Gasteiger partial charge on any atom is 0.223 e. The number of amides is 1. The fraction of sp³-hybridized carbons (Fsp3) is 0.929. The van der Waals surface area contributed by atoms with Gasteiger partial charge < -0.3 is 10.2 Å². The first-order valence-corrected chi connectivity index (χ1v) is 7.07. The standard InChI is InChI=1S/C14H28N2O/c1-12(2)7-6-10-16(3)14(17)11-13-8-4-5-9-15-13/h12-13,15H,4-11H2,1-3H3. The molecular formula is C14H28N2O. The molecule has 0 spiro atoms. The smallest absolute Gasteiger partial charge is 0.223 e. The molecule has 1 fully saturated rings. The molecule has 1 aliphatic rings. The Kier molecular flexibility index (Phi) is 6.56. The molecule has 3 heteroatoms. The Morgan fingerprint density at radius 2 is 2.18 bits per heavy atom. The van der Waals surface area contributed by atoms with Crippen LogP contribution in [0, 0.1) is 5.92 Å². The lowest BCUT2D eigenvalue weighted by Crippen LogP contribution is -2.39. The van der Waals surface area contributed by atoms with Crippen molar-refractivity contribution in [3.63, 3.8) is 0 Å². The number of piperidine rings is 1. The summed E-state index contributed by atoms with van der Waals surface area (Å²) in [7, 11) is 1.94. The summed E-state index contributed by atoms with van der Waals surface area (Å²) in [5.41, 5.74) is 0. The molecule has 0 aromatic rings. The second-order valence-corrected chi connectivity index (χ2v) is 5.70. The Morgan fingerprint density at radius 1 is 1.41 bits per heavy atom. The van der Waals surface area contributed by atoms with E-state index in [1.165, 1.54) is 19.3 Å². The highest BCUT2D eigenvalue weighted by molar-refractivity contribution is 5.76. The monoisotopic (exact) mass is 240 g/mol. The summed E-state index contributed by atoms with van der Waals surface area (Å²) in [5, 5.41) is 3.43. The van der Waals surface area contributed by atoms with Gasteiger partial charge in [0.25, 0.3) is 0 Å². The van der Waals surface area contributed by atoms with E-state index in [0.29, 0.717) is 18.4 Å². The first kappa shape index (κ1) is 14.5. The Balaban J connectivity index is 2.16. The van der Waals surface area contributed by atoms with Crippen LogP contribution in [0.15, 0.2) is 0 Å². The van der Waals surface area contributed by atoms with E-state index in [9.17, 15) is 4.79 Å². The lowest BCUT2D eigenvalue weighted by atomic mass is 10.0. The molecule has 17 heavy (non-hydrogen) atoms. The van der Waals surface area contributed by atoms with E-state index in [0.717, 1.165) is 31.8 Å². The molecule has 1 heterocycles. The third kappa shape index (κ3) is 6.06. The summed E-state index contributed by atoms with van der Waals surface area (Å²) in [6, 6.07) is 0.420. The molecule has 0 aromatic heterocycles. The summed E-state index contributed by atoms with van der Waals surface area (Å²) >= 11 is 0. The van der Waals surface area contributed by atoms with Gasteiger partial charge in [-0.05, 0) is 38.1 Å². The molecule has 1 saturated heterocycles. The molecule has 0 aliphatic carbocycles. The average molecular weight is 240 g/mol. The van der Waals surface area contributed by atoms with E-state index in [2.05, 4.69) is 19.2 Å². The zero-order valence-electron chi connectivity index (χ0n) is 11.7. The molecule has 0 aromatic carbocycles. The van der Waals surface area contributed by atoms with Gasteiger partial charge in [0.05, 0.1) is 0 Å². The van der Waals surface area contributed by atoms with Crippen molar-refractivity contribution in [2.24, 2.45) is 5.92 Å². The van der Waals surface area contributed by atoms with Gasteiger partial charge in [0.2, 0.25) is 5.91 Å². The van der Waals surface area contributed by atoms with Crippen LogP contribution in [-0.4, -0.2) is 37.0 Å². The molecule has 3 nitrogen and oxygen atoms in total. The van der Waals surface area contributed by atoms with Crippen molar-refractivity contribution < 1.29 is 4.79 Å². The van der Waals surface area contributed by atoms with Gasteiger partial charge in [0, 0.05) is 26.1 Å². The normalized spacial score (nSPS) is 20.6. The van der Waals surface area contributed by atoms with Crippen LogP contribution in [0.3, 0.4) is 0 Å². The summed E-state index contributed by atoms with van der Waals surface area (Å²) < 4.78 is 0. The summed E-state index contributed by atoms with van der Waals surface area (Å²) in [6.45, 7) is 6.44. The van der Waals surface area contributed by atoms with Crippen molar-refractivity contribution >= 4 is 5.91 Å². The Bertz CT molecular complexity index is 222. The van der Waals surface area contributed by atoms with Crippen molar-refractivity contribution in [3.05, 3.63) is 0 Å². The van der Waals surface area contributed by atoms with Crippen LogP contribution in [0.4, 0.5) is 0 Å². The van der Waals surface area contributed by atoms with Crippen LogP contribution in [0.5, 0.6) is 0 Å². The van der Waals surface area contributed by atoms with Gasteiger partial charge >= 0.3 is 0 Å². The number of nitrogens with zero attached hydrogens (tertiary/aromatic N) is 1. The lowest BCUT2D eigenvalue weighted by molar-refractivity contribution is -0.130. The quantitative estimate of drug-likeness (QED) is 0.773. The number of hydrogen-bond donors (Lipinski definition) is 1. The molecule has 1 aliphatic heterocycles. The molecule has 0 saturated carbocycles. The zero-order valence-corrected chi connectivity index (χ0v) is 11.7. The number of carbonyl (C=O) groups excluding carboxylic acids is 1. The summed E-state index contributed by atoms with van der Waals surface area (Å²) in [5.74, 6) is 1.03. The van der Waals surface area contributed by atoms with Crippen molar-refractivity contribution in [2.75, 3.05) is 20.1 Å². The molecule has 1 N–H and O–H groups in total. The average Bonchev–Trinajstić information content (AvgIpc) is 2.29. The van der Waals surface area contributed by atoms with Crippen LogP contribution < -0.4 is 5.32 Å². The van der Waals surface area contributed by atoms with Gasteiger partial charge in [-0.25, -0.2) is 0 Å². The number of hydrogen-bond acceptors (Lipinski definition) is 2. The topological polar surface area (TPSA) is 32.3 Å². The van der Waals surface area contributed by atoms with Gasteiger partial charge in [0.15, 0.2) is 0 Å². The van der Waals surface area contributed by atoms with E-state index in [4.69, 9.17) is 0 Å². The molecule has 1 rings (SSSR count). The van der Waals surface area contributed by atoms with Crippen LogP contribution in [0.1, 0.15) is 52.4 Å². The van der Waals surface area contributed by atoms with Crippen LogP contribution >= 0.6 is 0 Å². The fourth-order valence-corrected chi connectivity index (χ4v) is 2.33. The molecule has 0 bridgehead atoms. The van der Waals surface area contributed by atoms with E-state index >= 15 is 0 Å². The largest absolute Gasteiger partial charge is 0.346 e. The molecule has 1 atom stereocenters. The summed E-state index contributed by atoms with van der Waals surface area (Å²) in [4.78, 5) is 13.9. The number of rotatable bonds is 6. The molecule has 100 valence electrons. The minimum atomic E-state index is 0.299. The second-order valence-electron chi connectivity index (χ2n) is 5.70. The predicted molar refractivity (Wildman–Crippen MR) is 72.0 cm³/mol. The molecular weight excluding hydrogens is 212 g/mol. The van der Waals surface area contributed by atoms with E-state index in [1.54, 1.807) is 0 Å². The SMILES string of the molecule is CC(C)CCCN(C)C(=O)CC1CCCCN1. The highest BCUT2D eigenvalue weighted by atomic mass is 16.2. The predicted octanol–water partition coefficient (Wildman–Crippen LogP) is 2.41. The third-order valence-electron chi connectivity index (χ3n) is 3.53. The fourth-order valence-electron chi connectivity index (χ4n) is 2.33. The van der Waals surface area contributed by atoms with E-state index in [-0.39, 0.29) is 0 Å². The van der Waals surface area contributed by atoms with Crippen LogP contribution in [-0.2, 0) is 4.79 Å². The Morgan fingerprint density at radius 3 is 2.76 bits per heavy atom. The van der Waals surface area contributed by atoms with Crippen molar-refractivity contribution in [1.82, 2.24) is 10.2 Å². The van der Waals surface area contributed by atoms with Gasteiger partial charge in [0.1, 0.15) is 0 Å². The number of carbonyl (C=O) groups is 1. The molecule has 0 radical (unpaired) electrons. The van der Waals surface area contributed by atoms with Crippen LogP contribution in [0.2, 0.25) is 0 Å². The minimum Gasteiger partial charge on any atom is -0.346 e. The Hall–Kier alpha value is -0.570. The zero-order chi connectivity index (χ0) is 12.7. The maximum absolute atomic E-state index is 12.0. The van der Waals surface area contributed by atoms with Gasteiger partial charge in [-0.3, -0.25) is 4.79 Å². The first-order chi connectivity index (χ1) is 8.09. The Labute approximate surface area is 106 Å². The highest BCUT2D eigenvalue weighted by Gasteiger charge is 2.18. The van der Waals surface area contributed by atoms with Gasteiger partial charge in [-0.1, -0.05) is 20.3 Å². The molecule has 1 unspecified atom stereocenters. The number of nitrogens with one attached hydrogen (secondary N) is 1. The second kappa shape index (κ2) is 7.70. The lowest BCUT2D eigenvalue weighted by Gasteiger charge is -2.25. The maximum atomic E-state index is 12.0. The van der Waals surface area contributed by atoms with Gasteiger partial charge in [-0.2, -0.15) is 0 Å². The van der Waals surface area contributed by atoms with E-state index in [1.807, 2.05) is 11.9 Å². The van der Waals surface area contributed by atoms with E-state index < -0.39 is 0 Å². The summed E-state index contributed by atoms with van der Waals surface area (Å²) in [6.07, 6.45) is 6.69. The van der Waals surface area contributed by atoms with Crippen molar-refractivity contribution in [2.45, 2.75) is 58.4 Å². The minimum absolute atomic E-state index is 0.299. The molecule has 1 amide bonds. The third-order valence-corrected chi connectivity index (χ3v) is 3.53. The highest BCUT2D eigenvalue weighted by Crippen LogP contribution is 2.11. The van der Waals surface area contributed by atoms with Gasteiger partial charge in [-0.15, -0.1) is 0 Å². The van der Waals surface area contributed by atoms with Crippen molar-refractivity contribution in [1.29, 1.82) is 0 Å². The first-order valence-electron chi connectivity index (χ1n) is 7.07. The van der Waals surface area contributed by atoms with Crippen molar-refractivity contribution in [3.8, 4) is 0 Å².